The summed E-state index contributed by atoms with van der Waals surface area (Å²) in [6.07, 6.45) is 0. The van der Waals surface area contributed by atoms with Crippen molar-refractivity contribution in [2.24, 2.45) is 0 Å². The average molecular weight is 305 g/mol. The SMILES string of the molecule is CC1Sc2ccc(C(=O)N3CCNC[C@H]3C)cc2NC1=O. The summed E-state index contributed by atoms with van der Waals surface area (Å²) in [5.74, 6) is 0.0253. The number of amides is 2. The number of carbonyl (C=O) groups is 2. The van der Waals surface area contributed by atoms with Gasteiger partial charge in [-0.15, -0.1) is 11.8 Å². The molecule has 3 rings (SSSR count). The van der Waals surface area contributed by atoms with Crippen LogP contribution in [0.25, 0.3) is 0 Å². The number of hydrogen-bond acceptors (Lipinski definition) is 4. The smallest absolute Gasteiger partial charge is 0.254 e. The highest BCUT2D eigenvalue weighted by atomic mass is 32.2. The Morgan fingerprint density at radius 2 is 2.19 bits per heavy atom. The lowest BCUT2D eigenvalue weighted by Gasteiger charge is -2.34. The van der Waals surface area contributed by atoms with Gasteiger partial charge >= 0.3 is 0 Å². The number of thioether (sulfide) groups is 1. The van der Waals surface area contributed by atoms with Crippen molar-refractivity contribution in [2.75, 3.05) is 25.0 Å². The fourth-order valence-electron chi connectivity index (χ4n) is 2.65. The number of fused-ring (bicyclic) bond motifs is 1. The van der Waals surface area contributed by atoms with Gasteiger partial charge in [-0.3, -0.25) is 9.59 Å². The molecular weight excluding hydrogens is 286 g/mol. The first-order valence-corrected chi connectivity index (χ1v) is 8.07. The lowest BCUT2D eigenvalue weighted by Crippen LogP contribution is -2.52. The van der Waals surface area contributed by atoms with E-state index in [0.29, 0.717) is 5.56 Å². The molecule has 0 bridgehead atoms. The molecule has 21 heavy (non-hydrogen) atoms. The van der Waals surface area contributed by atoms with Gasteiger partial charge < -0.3 is 15.5 Å². The molecule has 0 saturated carbocycles. The number of piperazine rings is 1. The molecule has 1 unspecified atom stereocenters. The summed E-state index contributed by atoms with van der Waals surface area (Å²) >= 11 is 1.53. The van der Waals surface area contributed by atoms with Crippen LogP contribution in [0.3, 0.4) is 0 Å². The van der Waals surface area contributed by atoms with E-state index < -0.39 is 0 Å². The van der Waals surface area contributed by atoms with Crippen molar-refractivity contribution < 1.29 is 9.59 Å². The van der Waals surface area contributed by atoms with E-state index in [4.69, 9.17) is 0 Å². The molecule has 1 saturated heterocycles. The van der Waals surface area contributed by atoms with Crippen LogP contribution in [-0.4, -0.2) is 47.6 Å². The first-order chi connectivity index (χ1) is 10.1. The quantitative estimate of drug-likeness (QED) is 0.826. The molecule has 2 atom stereocenters. The Morgan fingerprint density at radius 3 is 2.95 bits per heavy atom. The second kappa shape index (κ2) is 5.69. The monoisotopic (exact) mass is 305 g/mol. The van der Waals surface area contributed by atoms with Crippen molar-refractivity contribution in [2.45, 2.75) is 30.0 Å². The Hall–Kier alpha value is -1.53. The Labute approximate surface area is 128 Å². The van der Waals surface area contributed by atoms with E-state index in [9.17, 15) is 9.59 Å². The number of nitrogens with one attached hydrogen (secondary N) is 2. The molecule has 112 valence electrons. The normalized spacial score (nSPS) is 25.2. The largest absolute Gasteiger partial charge is 0.333 e. The van der Waals surface area contributed by atoms with Crippen molar-refractivity contribution in [3.8, 4) is 0 Å². The van der Waals surface area contributed by atoms with Crippen LogP contribution in [0, 0.1) is 0 Å². The Balaban J connectivity index is 1.85. The van der Waals surface area contributed by atoms with Gasteiger partial charge in [-0.25, -0.2) is 0 Å². The second-order valence-corrected chi connectivity index (χ2v) is 6.89. The first-order valence-electron chi connectivity index (χ1n) is 7.19. The number of benzene rings is 1. The number of anilines is 1. The highest BCUT2D eigenvalue weighted by Gasteiger charge is 2.27. The molecule has 0 aliphatic carbocycles. The van der Waals surface area contributed by atoms with Crippen molar-refractivity contribution >= 4 is 29.3 Å². The Bertz CT molecular complexity index is 590. The summed E-state index contributed by atoms with van der Waals surface area (Å²) < 4.78 is 0. The van der Waals surface area contributed by atoms with Gasteiger partial charge in [0, 0.05) is 36.1 Å². The zero-order valence-electron chi connectivity index (χ0n) is 12.2. The zero-order valence-corrected chi connectivity index (χ0v) is 13.0. The van der Waals surface area contributed by atoms with E-state index in [0.717, 1.165) is 30.2 Å². The molecule has 1 aromatic carbocycles. The maximum absolute atomic E-state index is 12.6. The molecule has 2 N–H and O–H groups in total. The molecule has 1 aromatic rings. The minimum Gasteiger partial charge on any atom is -0.333 e. The number of hydrogen-bond donors (Lipinski definition) is 2. The van der Waals surface area contributed by atoms with Crippen LogP contribution in [0.1, 0.15) is 24.2 Å². The second-order valence-electron chi connectivity index (χ2n) is 5.51. The van der Waals surface area contributed by atoms with Crippen LogP contribution >= 0.6 is 11.8 Å². The molecule has 1 fully saturated rings. The van der Waals surface area contributed by atoms with Crippen LogP contribution < -0.4 is 10.6 Å². The van der Waals surface area contributed by atoms with E-state index >= 15 is 0 Å². The van der Waals surface area contributed by atoms with Gasteiger partial charge in [0.1, 0.15) is 0 Å². The maximum atomic E-state index is 12.6. The summed E-state index contributed by atoms with van der Waals surface area (Å²) in [6, 6.07) is 5.76. The predicted molar refractivity (Wildman–Crippen MR) is 83.8 cm³/mol. The third kappa shape index (κ3) is 2.78. The van der Waals surface area contributed by atoms with Crippen molar-refractivity contribution in [3.05, 3.63) is 23.8 Å². The fraction of sp³-hybridized carbons (Fsp3) is 0.467. The van der Waals surface area contributed by atoms with Crippen LogP contribution in [0.4, 0.5) is 5.69 Å². The van der Waals surface area contributed by atoms with Gasteiger partial charge in [0.25, 0.3) is 5.91 Å². The minimum absolute atomic E-state index is 0.00682. The van der Waals surface area contributed by atoms with E-state index in [2.05, 4.69) is 10.6 Å². The van der Waals surface area contributed by atoms with Gasteiger partial charge in [-0.05, 0) is 32.0 Å². The van der Waals surface area contributed by atoms with Gasteiger partial charge in [0.2, 0.25) is 5.91 Å². The molecule has 2 aliphatic rings. The zero-order chi connectivity index (χ0) is 15.0. The van der Waals surface area contributed by atoms with Gasteiger partial charge in [0.05, 0.1) is 10.9 Å². The average Bonchev–Trinajstić information content (AvgIpc) is 2.48. The third-order valence-corrected chi connectivity index (χ3v) is 5.10. The fourth-order valence-corrected chi connectivity index (χ4v) is 3.58. The van der Waals surface area contributed by atoms with Crippen LogP contribution in [0.15, 0.2) is 23.1 Å². The Morgan fingerprint density at radius 1 is 1.38 bits per heavy atom. The van der Waals surface area contributed by atoms with Gasteiger partial charge in [0.15, 0.2) is 0 Å². The van der Waals surface area contributed by atoms with E-state index in [1.54, 1.807) is 6.07 Å². The molecule has 5 nitrogen and oxygen atoms in total. The summed E-state index contributed by atoms with van der Waals surface area (Å²) in [5, 5.41) is 6.06. The highest BCUT2D eigenvalue weighted by Crippen LogP contribution is 2.36. The highest BCUT2D eigenvalue weighted by molar-refractivity contribution is 8.00. The summed E-state index contributed by atoms with van der Waals surface area (Å²) in [7, 11) is 0. The van der Waals surface area contributed by atoms with Crippen molar-refractivity contribution in [1.82, 2.24) is 10.2 Å². The number of rotatable bonds is 1. The molecule has 2 heterocycles. The van der Waals surface area contributed by atoms with Crippen LogP contribution in [0.5, 0.6) is 0 Å². The molecule has 6 heteroatoms. The molecule has 2 aliphatic heterocycles. The van der Waals surface area contributed by atoms with Crippen molar-refractivity contribution in [1.29, 1.82) is 0 Å². The number of nitrogens with zero attached hydrogens (tertiary/aromatic N) is 1. The molecule has 0 aromatic heterocycles. The molecule has 2 amide bonds. The molecule has 0 spiro atoms. The molecular formula is C15H19N3O2S. The van der Waals surface area contributed by atoms with Crippen molar-refractivity contribution in [3.63, 3.8) is 0 Å². The third-order valence-electron chi connectivity index (χ3n) is 3.92. The van der Waals surface area contributed by atoms with E-state index in [1.807, 2.05) is 30.9 Å². The van der Waals surface area contributed by atoms with E-state index in [1.165, 1.54) is 11.8 Å². The summed E-state index contributed by atoms with van der Waals surface area (Å²) in [6.45, 7) is 6.29. The lowest BCUT2D eigenvalue weighted by atomic mass is 10.1. The standard InChI is InChI=1S/C15H19N3O2S/c1-9-8-16-5-6-18(9)15(20)11-3-4-13-12(7-11)17-14(19)10(2)21-13/h3-4,7,9-10,16H,5-6,8H2,1-2H3,(H,17,19)/t9-,10?/m1/s1. The lowest BCUT2D eigenvalue weighted by molar-refractivity contribution is -0.115. The van der Waals surface area contributed by atoms with Gasteiger partial charge in [-0.1, -0.05) is 0 Å². The summed E-state index contributed by atoms with van der Waals surface area (Å²) in [4.78, 5) is 27.3. The maximum Gasteiger partial charge on any atom is 0.254 e. The number of carbonyl (C=O) groups excluding carboxylic acids is 2. The van der Waals surface area contributed by atoms with Crippen LogP contribution in [-0.2, 0) is 4.79 Å². The minimum atomic E-state index is -0.0905. The summed E-state index contributed by atoms with van der Waals surface area (Å²) in [5.41, 5.74) is 1.38. The first kappa shape index (κ1) is 14.4. The van der Waals surface area contributed by atoms with E-state index in [-0.39, 0.29) is 23.1 Å². The van der Waals surface area contributed by atoms with Crippen LogP contribution in [0.2, 0.25) is 0 Å². The predicted octanol–water partition coefficient (Wildman–Crippen LogP) is 1.55. The Kier molecular flexibility index (Phi) is 3.91. The topological polar surface area (TPSA) is 61.4 Å². The molecule has 0 radical (unpaired) electrons. The van der Waals surface area contributed by atoms with Gasteiger partial charge in [-0.2, -0.15) is 0 Å².